The van der Waals surface area contributed by atoms with Gasteiger partial charge in [0.2, 0.25) is 0 Å². The number of ether oxygens (including phenoxy) is 1. The summed E-state index contributed by atoms with van der Waals surface area (Å²) in [5.74, 6) is 1.79. The highest BCUT2D eigenvalue weighted by atomic mass is 32.1. The molecule has 0 aliphatic heterocycles. The zero-order valence-corrected chi connectivity index (χ0v) is 18.0. The molecule has 0 aliphatic rings. The molecular formula is C23H28N4O2S. The monoisotopic (exact) mass is 424 g/mol. The van der Waals surface area contributed by atoms with Crippen molar-refractivity contribution < 1.29 is 4.74 Å². The van der Waals surface area contributed by atoms with Crippen LogP contribution < -0.4 is 21.3 Å². The summed E-state index contributed by atoms with van der Waals surface area (Å²) in [5, 5.41) is 3.91. The first-order chi connectivity index (χ1) is 14.7. The van der Waals surface area contributed by atoms with Crippen LogP contribution in [0, 0.1) is 0 Å². The molecular weight excluding hydrogens is 396 g/mol. The van der Waals surface area contributed by atoms with Crippen molar-refractivity contribution in [1.29, 1.82) is 0 Å². The van der Waals surface area contributed by atoms with Gasteiger partial charge in [0.1, 0.15) is 27.9 Å². The lowest BCUT2D eigenvalue weighted by molar-refractivity contribution is 0.483. The standard InChI is InChI=1S/C23H28N4O2S/c1-2-3-4-5-9-16-25-21(24)20-22(28)27-30-23(20)26-17-12-14-19(15-13-17)29-18-10-7-6-8-11-18/h6-8,10-15,26H,2-5,9,16H2,1H3,(H2,24,25)(H,27,28). The second-order valence-electron chi connectivity index (χ2n) is 6.98. The highest BCUT2D eigenvalue weighted by Gasteiger charge is 2.14. The number of aromatic amines is 1. The number of unbranched alkanes of at least 4 members (excludes halogenated alkanes) is 4. The van der Waals surface area contributed by atoms with Gasteiger partial charge in [-0.1, -0.05) is 50.8 Å². The minimum atomic E-state index is -0.223. The second-order valence-corrected chi connectivity index (χ2v) is 7.80. The van der Waals surface area contributed by atoms with Crippen molar-refractivity contribution in [3.8, 4) is 11.5 Å². The number of aromatic nitrogens is 1. The van der Waals surface area contributed by atoms with Crippen molar-refractivity contribution in [2.24, 2.45) is 10.7 Å². The number of hydrogen-bond donors (Lipinski definition) is 3. The van der Waals surface area contributed by atoms with Gasteiger partial charge >= 0.3 is 0 Å². The van der Waals surface area contributed by atoms with Crippen molar-refractivity contribution in [3.63, 3.8) is 0 Å². The predicted octanol–water partition coefficient (Wildman–Crippen LogP) is 5.65. The summed E-state index contributed by atoms with van der Waals surface area (Å²) < 4.78 is 8.55. The Morgan fingerprint density at radius 1 is 1.03 bits per heavy atom. The molecule has 7 heteroatoms. The number of nitrogens with two attached hydrogens (primary N) is 1. The molecule has 30 heavy (non-hydrogen) atoms. The third-order valence-electron chi connectivity index (χ3n) is 4.59. The molecule has 0 amide bonds. The molecule has 0 aliphatic carbocycles. The first-order valence-corrected chi connectivity index (χ1v) is 11.1. The van der Waals surface area contributed by atoms with Crippen LogP contribution in [0.15, 0.2) is 64.4 Å². The fraction of sp³-hybridized carbons (Fsp3) is 0.304. The number of anilines is 2. The zero-order valence-electron chi connectivity index (χ0n) is 17.2. The van der Waals surface area contributed by atoms with Crippen molar-refractivity contribution in [2.45, 2.75) is 39.0 Å². The summed E-state index contributed by atoms with van der Waals surface area (Å²) in [5.41, 5.74) is 7.13. The molecule has 3 rings (SSSR count). The summed E-state index contributed by atoms with van der Waals surface area (Å²) >= 11 is 1.22. The number of hydrogen-bond acceptors (Lipinski definition) is 5. The van der Waals surface area contributed by atoms with Crippen LogP contribution in [0.3, 0.4) is 0 Å². The topological polar surface area (TPSA) is 92.5 Å². The summed E-state index contributed by atoms with van der Waals surface area (Å²) in [6.45, 7) is 2.83. The third-order valence-corrected chi connectivity index (χ3v) is 5.39. The fourth-order valence-corrected chi connectivity index (χ4v) is 3.74. The molecule has 0 unspecified atom stereocenters. The lowest BCUT2D eigenvalue weighted by Gasteiger charge is -2.08. The van der Waals surface area contributed by atoms with Crippen molar-refractivity contribution in [3.05, 3.63) is 70.5 Å². The third kappa shape index (κ3) is 6.22. The van der Waals surface area contributed by atoms with Gasteiger partial charge in [-0.25, -0.2) is 0 Å². The number of amidine groups is 1. The van der Waals surface area contributed by atoms with E-state index in [1.54, 1.807) is 0 Å². The van der Waals surface area contributed by atoms with E-state index < -0.39 is 0 Å². The van der Waals surface area contributed by atoms with Gasteiger partial charge < -0.3 is 15.8 Å². The van der Waals surface area contributed by atoms with Crippen LogP contribution in [0.2, 0.25) is 0 Å². The maximum Gasteiger partial charge on any atom is 0.271 e. The molecule has 2 aromatic carbocycles. The van der Waals surface area contributed by atoms with Crippen LogP contribution in [0.1, 0.15) is 44.6 Å². The van der Waals surface area contributed by atoms with Crippen LogP contribution in [-0.2, 0) is 0 Å². The molecule has 0 saturated carbocycles. The quantitative estimate of drug-likeness (QED) is 0.211. The van der Waals surface area contributed by atoms with E-state index in [-0.39, 0.29) is 11.4 Å². The molecule has 0 spiro atoms. The van der Waals surface area contributed by atoms with Crippen molar-refractivity contribution in [1.82, 2.24) is 4.37 Å². The van der Waals surface area contributed by atoms with Crippen LogP contribution in [0.5, 0.6) is 11.5 Å². The Bertz CT molecular complexity index is 994. The van der Waals surface area contributed by atoms with Crippen LogP contribution >= 0.6 is 11.5 Å². The first-order valence-electron chi connectivity index (χ1n) is 10.3. The largest absolute Gasteiger partial charge is 0.457 e. The average Bonchev–Trinajstić information content (AvgIpc) is 3.12. The van der Waals surface area contributed by atoms with E-state index in [1.807, 2.05) is 54.6 Å². The minimum absolute atomic E-state index is 0.223. The number of aliphatic imine (C=N–C) groups is 1. The molecule has 0 atom stereocenters. The van der Waals surface area contributed by atoms with Crippen LogP contribution in [0.25, 0.3) is 0 Å². The SMILES string of the molecule is CCCCCCCN=C(N)c1c(Nc2ccc(Oc3ccccc3)cc2)s[nH]c1=O. The van der Waals surface area contributed by atoms with Gasteiger partial charge in [-0.05, 0) is 54.4 Å². The maximum absolute atomic E-state index is 12.2. The molecule has 1 heterocycles. The molecule has 0 bridgehead atoms. The Balaban J connectivity index is 1.62. The molecule has 4 N–H and O–H groups in total. The van der Waals surface area contributed by atoms with E-state index in [0.29, 0.717) is 17.1 Å². The van der Waals surface area contributed by atoms with E-state index in [1.165, 1.54) is 30.8 Å². The predicted molar refractivity (Wildman–Crippen MR) is 126 cm³/mol. The molecule has 0 saturated heterocycles. The smallest absolute Gasteiger partial charge is 0.271 e. The van der Waals surface area contributed by atoms with Gasteiger partial charge in [0.15, 0.2) is 0 Å². The van der Waals surface area contributed by atoms with Crippen LogP contribution in [-0.4, -0.2) is 16.8 Å². The van der Waals surface area contributed by atoms with Crippen LogP contribution in [0.4, 0.5) is 10.7 Å². The summed E-state index contributed by atoms with van der Waals surface area (Å²) in [6, 6.07) is 17.1. The Kier molecular flexibility index (Phi) is 8.09. The Labute approximate surface area is 181 Å². The number of para-hydroxylation sites is 1. The lowest BCUT2D eigenvalue weighted by atomic mass is 10.1. The molecule has 6 nitrogen and oxygen atoms in total. The average molecular weight is 425 g/mol. The van der Waals surface area contributed by atoms with Crippen molar-refractivity contribution >= 4 is 28.1 Å². The summed E-state index contributed by atoms with van der Waals surface area (Å²) in [4.78, 5) is 16.6. The van der Waals surface area contributed by atoms with Gasteiger partial charge in [0.25, 0.3) is 5.56 Å². The molecule has 0 fully saturated rings. The Morgan fingerprint density at radius 2 is 1.73 bits per heavy atom. The number of benzene rings is 2. The number of nitrogens with zero attached hydrogens (tertiary/aromatic N) is 1. The van der Waals surface area contributed by atoms with E-state index in [0.717, 1.165) is 30.0 Å². The Hall–Kier alpha value is -3.06. The molecule has 3 aromatic rings. The minimum Gasteiger partial charge on any atom is -0.457 e. The number of H-pyrrole nitrogens is 1. The number of nitrogens with one attached hydrogen (secondary N) is 2. The molecule has 158 valence electrons. The molecule has 1 aromatic heterocycles. The lowest BCUT2D eigenvalue weighted by Crippen LogP contribution is -2.22. The number of rotatable bonds is 11. The first kappa shape index (κ1) is 21.6. The fourth-order valence-electron chi connectivity index (χ4n) is 2.98. The van der Waals surface area contributed by atoms with Gasteiger partial charge in [0, 0.05) is 12.2 Å². The van der Waals surface area contributed by atoms with Gasteiger partial charge in [-0.2, -0.15) is 0 Å². The summed E-state index contributed by atoms with van der Waals surface area (Å²) in [7, 11) is 0. The van der Waals surface area contributed by atoms with E-state index in [9.17, 15) is 4.79 Å². The van der Waals surface area contributed by atoms with E-state index in [4.69, 9.17) is 10.5 Å². The zero-order chi connectivity index (χ0) is 21.2. The molecule has 0 radical (unpaired) electrons. The highest BCUT2D eigenvalue weighted by Crippen LogP contribution is 2.26. The van der Waals surface area contributed by atoms with Crippen molar-refractivity contribution in [2.75, 3.05) is 11.9 Å². The highest BCUT2D eigenvalue weighted by molar-refractivity contribution is 7.10. The van der Waals surface area contributed by atoms with E-state index in [2.05, 4.69) is 21.6 Å². The van der Waals surface area contributed by atoms with Gasteiger partial charge in [-0.3, -0.25) is 14.2 Å². The van der Waals surface area contributed by atoms with E-state index >= 15 is 0 Å². The van der Waals surface area contributed by atoms with Gasteiger partial charge in [0.05, 0.1) is 0 Å². The Morgan fingerprint density at radius 3 is 2.47 bits per heavy atom. The summed E-state index contributed by atoms with van der Waals surface area (Å²) in [6.07, 6.45) is 5.78. The second kappa shape index (κ2) is 11.2. The maximum atomic E-state index is 12.2. The normalized spacial score (nSPS) is 11.4. The van der Waals surface area contributed by atoms with Gasteiger partial charge in [-0.15, -0.1) is 0 Å².